The van der Waals surface area contributed by atoms with E-state index in [1.807, 2.05) is 31.6 Å². The zero-order valence-corrected chi connectivity index (χ0v) is 13.7. The summed E-state index contributed by atoms with van der Waals surface area (Å²) in [5.41, 5.74) is 1.12. The minimum atomic E-state index is -2.81. The summed E-state index contributed by atoms with van der Waals surface area (Å²) in [7, 11) is -4.19. The summed E-state index contributed by atoms with van der Waals surface area (Å²) < 4.78 is 17.1. The summed E-state index contributed by atoms with van der Waals surface area (Å²) in [5, 5.41) is 5.95. The van der Waals surface area contributed by atoms with Crippen LogP contribution in [0.5, 0.6) is 0 Å². The Balaban J connectivity index is 3.30. The van der Waals surface area contributed by atoms with Gasteiger partial charge in [0.25, 0.3) is 0 Å². The second kappa shape index (κ2) is 4.87. The molecular formula is C13H24N2OS2. The molecule has 0 saturated carbocycles. The lowest BCUT2D eigenvalue weighted by atomic mass is 10.2. The van der Waals surface area contributed by atoms with E-state index in [0.29, 0.717) is 4.90 Å². The smallest absolute Gasteiger partial charge is 0.144 e. The van der Waals surface area contributed by atoms with Crippen molar-refractivity contribution in [3.05, 3.63) is 29.8 Å². The molecule has 1 unspecified atom stereocenters. The molecule has 1 aromatic carbocycles. The Kier molecular flexibility index (Phi) is 4.20. The van der Waals surface area contributed by atoms with Gasteiger partial charge in [-0.25, -0.2) is 9.35 Å². The molecule has 5 heteroatoms. The van der Waals surface area contributed by atoms with Crippen molar-refractivity contribution >= 4 is 20.1 Å². The summed E-state index contributed by atoms with van der Waals surface area (Å²) in [6, 6.07) is 7.44. The van der Waals surface area contributed by atoms with Gasteiger partial charge in [0, 0.05) is 4.75 Å². The molecule has 0 amide bonds. The number of nitrogens with zero attached hydrogens (tertiary/aromatic N) is 1. The van der Waals surface area contributed by atoms with Crippen LogP contribution >= 0.6 is 10.2 Å². The first-order valence-corrected chi connectivity index (χ1v) is 9.80. The number of aryl methyl sites for hydroxylation is 1. The van der Waals surface area contributed by atoms with E-state index < -0.39 is 20.1 Å². The van der Waals surface area contributed by atoms with Gasteiger partial charge in [0.2, 0.25) is 0 Å². The molecule has 2 N–H and O–H groups in total. The molecule has 0 spiro atoms. The van der Waals surface area contributed by atoms with Crippen LogP contribution in [0.1, 0.15) is 26.3 Å². The standard InChI is InChI=1S/C13H24N2OS2/c1-11-7-9-12(10-8-11)18(14,16)15-17(5,6)13(2,3)4/h7-10H,1-6H3,(H2,14,15,16). The van der Waals surface area contributed by atoms with Crippen molar-refractivity contribution in [2.45, 2.75) is 37.3 Å². The Hall–Kier alpha value is -0.520. The fourth-order valence-corrected chi connectivity index (χ4v) is 5.14. The van der Waals surface area contributed by atoms with Gasteiger partial charge >= 0.3 is 0 Å². The third kappa shape index (κ3) is 3.49. The number of rotatable bonds is 2. The van der Waals surface area contributed by atoms with Crippen LogP contribution in [-0.4, -0.2) is 21.5 Å². The molecule has 0 fully saturated rings. The van der Waals surface area contributed by atoms with Crippen LogP contribution in [0.15, 0.2) is 32.9 Å². The number of nitrogens with two attached hydrogens (primary N) is 1. The summed E-state index contributed by atoms with van der Waals surface area (Å²) in [5.74, 6) is 0. The van der Waals surface area contributed by atoms with Gasteiger partial charge < -0.3 is 0 Å². The highest BCUT2D eigenvalue weighted by atomic mass is 32.3. The average molecular weight is 288 g/mol. The van der Waals surface area contributed by atoms with Gasteiger partial charge in [-0.15, -0.1) is 10.2 Å². The van der Waals surface area contributed by atoms with Gasteiger partial charge in [0.15, 0.2) is 0 Å². The van der Waals surface area contributed by atoms with Gasteiger partial charge in [-0.1, -0.05) is 38.5 Å². The van der Waals surface area contributed by atoms with Crippen LogP contribution in [0.2, 0.25) is 0 Å². The molecule has 0 aliphatic heterocycles. The molecule has 1 aromatic rings. The van der Waals surface area contributed by atoms with Crippen molar-refractivity contribution < 1.29 is 4.21 Å². The first kappa shape index (κ1) is 15.5. The largest absolute Gasteiger partial charge is 0.240 e. The molecule has 0 aromatic heterocycles. The Morgan fingerprint density at radius 1 is 1.11 bits per heavy atom. The molecule has 0 radical (unpaired) electrons. The average Bonchev–Trinajstić information content (AvgIpc) is 2.14. The number of hydrogen-bond acceptors (Lipinski definition) is 2. The highest BCUT2D eigenvalue weighted by Gasteiger charge is 2.29. The molecule has 0 aliphatic carbocycles. The number of benzene rings is 1. The molecular weight excluding hydrogens is 264 g/mol. The van der Waals surface area contributed by atoms with Gasteiger partial charge in [0.1, 0.15) is 9.92 Å². The van der Waals surface area contributed by atoms with Crippen LogP contribution in [0.3, 0.4) is 0 Å². The minimum Gasteiger partial charge on any atom is -0.240 e. The zero-order valence-electron chi connectivity index (χ0n) is 12.1. The Morgan fingerprint density at radius 2 is 1.56 bits per heavy atom. The molecule has 0 heterocycles. The maximum atomic E-state index is 12.6. The molecule has 0 bridgehead atoms. The molecule has 1 rings (SSSR count). The predicted molar refractivity (Wildman–Crippen MR) is 83.4 cm³/mol. The lowest BCUT2D eigenvalue weighted by Gasteiger charge is -2.40. The fourth-order valence-electron chi connectivity index (χ4n) is 1.16. The van der Waals surface area contributed by atoms with Gasteiger partial charge in [-0.3, -0.25) is 0 Å². The van der Waals surface area contributed by atoms with Crippen molar-refractivity contribution in [1.29, 1.82) is 0 Å². The highest BCUT2D eigenvalue weighted by Crippen LogP contribution is 2.55. The lowest BCUT2D eigenvalue weighted by molar-refractivity contribution is 0.678. The summed E-state index contributed by atoms with van der Waals surface area (Å²) in [6.07, 6.45) is 4.10. The van der Waals surface area contributed by atoms with Crippen molar-refractivity contribution in [2.75, 3.05) is 12.5 Å². The Labute approximate surface area is 113 Å². The monoisotopic (exact) mass is 288 g/mol. The van der Waals surface area contributed by atoms with Crippen LogP contribution < -0.4 is 5.14 Å². The Morgan fingerprint density at radius 3 is 1.94 bits per heavy atom. The van der Waals surface area contributed by atoms with E-state index in [9.17, 15) is 4.21 Å². The number of hydrogen-bond donors (Lipinski definition) is 1. The third-order valence-electron chi connectivity index (χ3n) is 3.15. The van der Waals surface area contributed by atoms with Crippen molar-refractivity contribution in [1.82, 2.24) is 0 Å². The normalized spacial score (nSPS) is 17.1. The second-order valence-electron chi connectivity index (χ2n) is 5.84. The molecule has 3 nitrogen and oxygen atoms in total. The molecule has 18 heavy (non-hydrogen) atoms. The fraction of sp³-hybridized carbons (Fsp3) is 0.538. The van der Waals surface area contributed by atoms with E-state index in [-0.39, 0.29) is 4.75 Å². The highest BCUT2D eigenvalue weighted by molar-refractivity contribution is 8.35. The zero-order chi connectivity index (χ0) is 14.2. The molecule has 0 saturated heterocycles. The maximum Gasteiger partial charge on any atom is 0.144 e. The van der Waals surface area contributed by atoms with E-state index in [1.165, 1.54) is 0 Å². The molecule has 1 atom stereocenters. The van der Waals surface area contributed by atoms with E-state index in [4.69, 9.17) is 5.14 Å². The van der Waals surface area contributed by atoms with Gasteiger partial charge in [-0.05, 0) is 31.6 Å². The molecule has 0 aliphatic rings. The minimum absolute atomic E-state index is 0.0142. The van der Waals surface area contributed by atoms with E-state index in [1.54, 1.807) is 12.1 Å². The molecule has 104 valence electrons. The second-order valence-corrected chi connectivity index (χ2v) is 11.8. The van der Waals surface area contributed by atoms with Crippen LogP contribution in [0.25, 0.3) is 0 Å². The summed E-state index contributed by atoms with van der Waals surface area (Å²) in [6.45, 7) is 8.31. The third-order valence-corrected chi connectivity index (χ3v) is 9.48. The predicted octanol–water partition coefficient (Wildman–Crippen LogP) is 3.47. The van der Waals surface area contributed by atoms with Crippen molar-refractivity contribution in [3.63, 3.8) is 0 Å². The van der Waals surface area contributed by atoms with Crippen LogP contribution in [-0.2, 0) is 9.92 Å². The maximum absolute atomic E-state index is 12.6. The van der Waals surface area contributed by atoms with Crippen LogP contribution in [0.4, 0.5) is 0 Å². The SMILES string of the molecule is Cc1ccc(S(N)(=O)=NS(C)(C)C(C)(C)C)cc1. The van der Waals surface area contributed by atoms with E-state index in [2.05, 4.69) is 24.5 Å². The van der Waals surface area contributed by atoms with Crippen molar-refractivity contribution in [3.8, 4) is 0 Å². The first-order valence-electron chi connectivity index (χ1n) is 5.81. The van der Waals surface area contributed by atoms with E-state index in [0.717, 1.165) is 5.56 Å². The summed E-state index contributed by atoms with van der Waals surface area (Å²) in [4.78, 5) is 0.609. The summed E-state index contributed by atoms with van der Waals surface area (Å²) >= 11 is 0. The first-order chi connectivity index (χ1) is 7.96. The van der Waals surface area contributed by atoms with E-state index >= 15 is 0 Å². The quantitative estimate of drug-likeness (QED) is 0.890. The van der Waals surface area contributed by atoms with Gasteiger partial charge in [0.05, 0.1) is 4.90 Å². The van der Waals surface area contributed by atoms with Crippen LogP contribution in [0, 0.1) is 6.92 Å². The lowest BCUT2D eigenvalue weighted by Crippen LogP contribution is -2.24. The van der Waals surface area contributed by atoms with Gasteiger partial charge in [-0.2, -0.15) is 3.77 Å². The Bertz CT molecular complexity index is 533. The topological polar surface area (TPSA) is 55.5 Å². The van der Waals surface area contributed by atoms with Crippen molar-refractivity contribution in [2.24, 2.45) is 8.91 Å².